The number of carboxylic acid groups (broad SMARTS) is 1. The number of allylic oxidation sites excluding steroid dienone is 3. The molecule has 44 heavy (non-hydrogen) atoms. The summed E-state index contributed by atoms with van der Waals surface area (Å²) in [4.78, 5) is 26.3. The number of ether oxygens (including phenoxy) is 1. The summed E-state index contributed by atoms with van der Waals surface area (Å²) < 4.78 is 5.65. The van der Waals surface area contributed by atoms with Gasteiger partial charge in [-0.05, 0) is 44.9 Å². The van der Waals surface area contributed by atoms with E-state index in [1.165, 1.54) is 116 Å². The molecular weight excluding hydrogens is 550 g/mol. The third kappa shape index (κ3) is 29.1. The van der Waals surface area contributed by atoms with Crippen LogP contribution in [0.1, 0.15) is 174 Å². The molecule has 0 heterocycles. The fourth-order valence-electron chi connectivity index (χ4n) is 5.61. The van der Waals surface area contributed by atoms with Crippen molar-refractivity contribution in [3.05, 3.63) is 24.3 Å². The van der Waals surface area contributed by atoms with Crippen molar-refractivity contribution in [2.24, 2.45) is 0 Å². The van der Waals surface area contributed by atoms with Gasteiger partial charge in [-0.1, -0.05) is 141 Å². The number of unbranched alkanes of at least 4 members (excludes halogenated alkanes) is 19. The lowest BCUT2D eigenvalue weighted by Gasteiger charge is -2.31. The number of aliphatic hydroxyl groups excluding tert-OH is 1. The third-order valence-corrected chi connectivity index (χ3v) is 8.36. The first-order valence-corrected chi connectivity index (χ1v) is 18.6. The van der Waals surface area contributed by atoms with E-state index in [1.54, 1.807) is 4.90 Å². The summed E-state index contributed by atoms with van der Waals surface area (Å²) in [6, 6.07) is -0.165. The summed E-state index contributed by atoms with van der Waals surface area (Å²) in [7, 11) is 0. The van der Waals surface area contributed by atoms with E-state index >= 15 is 0 Å². The lowest BCUT2D eigenvalue weighted by molar-refractivity contribution is -0.140. The number of nitrogens with zero attached hydrogens (tertiary/aromatic N) is 1. The minimum atomic E-state index is -0.899. The molecular formula is C38H71NO5. The van der Waals surface area contributed by atoms with Crippen molar-refractivity contribution in [3.8, 4) is 0 Å². The molecule has 0 spiro atoms. The number of hydrogen-bond donors (Lipinski definition) is 2. The summed E-state index contributed by atoms with van der Waals surface area (Å²) >= 11 is 0. The van der Waals surface area contributed by atoms with Gasteiger partial charge in [-0.15, -0.1) is 0 Å². The lowest BCUT2D eigenvalue weighted by Crippen LogP contribution is -2.44. The Morgan fingerprint density at radius 2 is 1.11 bits per heavy atom. The number of amides is 1. The minimum absolute atomic E-state index is 0.0378. The van der Waals surface area contributed by atoms with Gasteiger partial charge < -0.3 is 19.8 Å². The Morgan fingerprint density at radius 1 is 0.659 bits per heavy atom. The first-order valence-electron chi connectivity index (χ1n) is 18.6. The van der Waals surface area contributed by atoms with Crippen LogP contribution in [0.2, 0.25) is 0 Å². The van der Waals surface area contributed by atoms with Gasteiger partial charge in [0.2, 0.25) is 5.91 Å². The molecule has 0 bridgehead atoms. The number of carbonyl (C=O) groups is 2. The molecule has 0 saturated carbocycles. The maximum atomic E-state index is 13.2. The van der Waals surface area contributed by atoms with E-state index in [9.17, 15) is 19.8 Å². The van der Waals surface area contributed by atoms with Gasteiger partial charge in [0.15, 0.2) is 0 Å². The molecule has 0 rings (SSSR count). The standard InChI is InChI=1S/C38H71NO5/c1-3-5-7-9-11-13-15-16-17-18-19-20-21-23-25-27-29-36(35-44-34-33-40)39(32-31-38(42)43)37(41)30-28-26-24-22-14-12-10-8-6-4-2/h16-17,26,28,36,40H,3-15,18-25,27,29-35H2,1-2H3,(H,42,43)/b17-16-,28-26?. The highest BCUT2D eigenvalue weighted by molar-refractivity contribution is 5.78. The summed E-state index contributed by atoms with van der Waals surface area (Å²) in [5.41, 5.74) is 0. The van der Waals surface area contributed by atoms with Crippen molar-refractivity contribution in [2.45, 2.75) is 180 Å². The highest BCUT2D eigenvalue weighted by Crippen LogP contribution is 2.16. The number of carbonyl (C=O) groups excluding carboxylic acids is 1. The Bertz CT molecular complexity index is 693. The molecule has 6 nitrogen and oxygen atoms in total. The van der Waals surface area contributed by atoms with Crippen LogP contribution in [-0.2, 0) is 14.3 Å². The summed E-state index contributed by atoms with van der Waals surface area (Å²) in [6.45, 7) is 5.18. The molecule has 258 valence electrons. The lowest BCUT2D eigenvalue weighted by atomic mass is 10.0. The maximum Gasteiger partial charge on any atom is 0.305 e. The van der Waals surface area contributed by atoms with Crippen LogP contribution in [0.25, 0.3) is 0 Å². The van der Waals surface area contributed by atoms with Gasteiger partial charge in [0.05, 0.1) is 32.3 Å². The topological polar surface area (TPSA) is 87.1 Å². The monoisotopic (exact) mass is 622 g/mol. The molecule has 0 fully saturated rings. The zero-order valence-electron chi connectivity index (χ0n) is 29.0. The van der Waals surface area contributed by atoms with Crippen molar-refractivity contribution in [2.75, 3.05) is 26.4 Å². The Labute approximate surface area is 272 Å². The van der Waals surface area contributed by atoms with Gasteiger partial charge in [0.25, 0.3) is 0 Å². The molecule has 2 N–H and O–H groups in total. The van der Waals surface area contributed by atoms with Crippen LogP contribution in [0.5, 0.6) is 0 Å². The van der Waals surface area contributed by atoms with E-state index in [0.717, 1.165) is 32.1 Å². The highest BCUT2D eigenvalue weighted by Gasteiger charge is 2.23. The average molecular weight is 622 g/mol. The van der Waals surface area contributed by atoms with E-state index < -0.39 is 5.97 Å². The predicted octanol–water partition coefficient (Wildman–Crippen LogP) is 10.2. The van der Waals surface area contributed by atoms with Gasteiger partial charge in [0.1, 0.15) is 0 Å². The molecule has 0 aromatic rings. The van der Waals surface area contributed by atoms with E-state index in [2.05, 4.69) is 32.1 Å². The average Bonchev–Trinajstić information content (AvgIpc) is 3.01. The number of rotatable bonds is 34. The van der Waals surface area contributed by atoms with Crippen LogP contribution < -0.4 is 0 Å². The molecule has 6 heteroatoms. The van der Waals surface area contributed by atoms with E-state index in [0.29, 0.717) is 13.0 Å². The second-order valence-electron chi connectivity index (χ2n) is 12.5. The van der Waals surface area contributed by atoms with Crippen LogP contribution in [-0.4, -0.2) is 59.4 Å². The van der Waals surface area contributed by atoms with Crippen LogP contribution >= 0.6 is 0 Å². The Kier molecular flexibility index (Phi) is 32.9. The smallest absolute Gasteiger partial charge is 0.305 e. The summed E-state index contributed by atoms with van der Waals surface area (Å²) in [5.74, 6) is -0.936. The molecule has 0 aromatic heterocycles. The number of hydrogen-bond acceptors (Lipinski definition) is 4. The molecule has 0 aromatic carbocycles. The van der Waals surface area contributed by atoms with Crippen molar-refractivity contribution < 1.29 is 24.5 Å². The van der Waals surface area contributed by atoms with Crippen LogP contribution in [0.15, 0.2) is 24.3 Å². The molecule has 1 unspecified atom stereocenters. The van der Waals surface area contributed by atoms with E-state index in [-0.39, 0.29) is 38.1 Å². The van der Waals surface area contributed by atoms with Crippen molar-refractivity contribution in [1.82, 2.24) is 4.90 Å². The second kappa shape index (κ2) is 34.2. The molecule has 0 aliphatic rings. The van der Waals surface area contributed by atoms with Gasteiger partial charge in [-0.3, -0.25) is 9.59 Å². The van der Waals surface area contributed by atoms with Crippen molar-refractivity contribution in [1.29, 1.82) is 0 Å². The SMILES string of the molecule is CCCCCCCC/C=C\CCCCCCCCC(COCCO)N(CCC(=O)O)C(=O)CC=CCCCCCCCCC. The fourth-order valence-corrected chi connectivity index (χ4v) is 5.61. The van der Waals surface area contributed by atoms with Gasteiger partial charge in [-0.25, -0.2) is 0 Å². The van der Waals surface area contributed by atoms with Crippen LogP contribution in [0, 0.1) is 0 Å². The first-order chi connectivity index (χ1) is 21.6. The summed E-state index contributed by atoms with van der Waals surface area (Å²) in [5, 5.41) is 18.5. The minimum Gasteiger partial charge on any atom is -0.481 e. The maximum absolute atomic E-state index is 13.2. The van der Waals surface area contributed by atoms with E-state index in [1.807, 2.05) is 6.08 Å². The fraction of sp³-hybridized carbons (Fsp3) is 0.842. The van der Waals surface area contributed by atoms with Crippen LogP contribution in [0.3, 0.4) is 0 Å². The molecule has 1 atom stereocenters. The first kappa shape index (κ1) is 42.3. The predicted molar refractivity (Wildman–Crippen MR) is 186 cm³/mol. The zero-order chi connectivity index (χ0) is 32.4. The van der Waals surface area contributed by atoms with Crippen LogP contribution in [0.4, 0.5) is 0 Å². The number of aliphatic hydroxyl groups is 1. The second-order valence-corrected chi connectivity index (χ2v) is 12.5. The number of aliphatic carboxylic acids is 1. The van der Waals surface area contributed by atoms with Gasteiger partial charge in [-0.2, -0.15) is 0 Å². The molecule has 0 aliphatic carbocycles. The molecule has 0 radical (unpaired) electrons. The van der Waals surface area contributed by atoms with Crippen molar-refractivity contribution in [3.63, 3.8) is 0 Å². The third-order valence-electron chi connectivity index (χ3n) is 8.36. The van der Waals surface area contributed by atoms with Crippen molar-refractivity contribution >= 4 is 11.9 Å². The Morgan fingerprint density at radius 3 is 1.59 bits per heavy atom. The zero-order valence-corrected chi connectivity index (χ0v) is 29.0. The van der Waals surface area contributed by atoms with Gasteiger partial charge >= 0.3 is 5.97 Å². The molecule has 1 amide bonds. The highest BCUT2D eigenvalue weighted by atomic mass is 16.5. The molecule has 0 aliphatic heterocycles. The van der Waals surface area contributed by atoms with E-state index in [4.69, 9.17) is 4.74 Å². The number of carboxylic acids is 1. The largest absolute Gasteiger partial charge is 0.481 e. The Hall–Kier alpha value is -1.66. The molecule has 0 saturated heterocycles. The summed E-state index contributed by atoms with van der Waals surface area (Å²) in [6.07, 6.45) is 37.2. The van der Waals surface area contributed by atoms with Gasteiger partial charge in [0, 0.05) is 13.0 Å². The quantitative estimate of drug-likeness (QED) is 0.0551. The normalized spacial score (nSPS) is 12.4. The Balaban J connectivity index is 4.44.